The molecule has 0 unspecified atom stereocenters. The van der Waals surface area contributed by atoms with E-state index >= 15 is 0 Å². The van der Waals surface area contributed by atoms with Crippen LogP contribution >= 0.6 is 0 Å². The molecule has 0 spiro atoms. The Labute approximate surface area is 96.9 Å². The van der Waals surface area contributed by atoms with Gasteiger partial charge < -0.3 is 10.6 Å². The number of hydrogen-bond acceptors (Lipinski definition) is 4. The van der Waals surface area contributed by atoms with Crippen molar-refractivity contribution in [3.63, 3.8) is 0 Å². The van der Waals surface area contributed by atoms with Crippen molar-refractivity contribution < 1.29 is 0 Å². The summed E-state index contributed by atoms with van der Waals surface area (Å²) in [6.07, 6.45) is 3.88. The Balaban J connectivity index is 1.88. The van der Waals surface area contributed by atoms with Gasteiger partial charge in [0.25, 0.3) is 0 Å². The first-order valence-corrected chi connectivity index (χ1v) is 6.03. The number of anilines is 1. The molecule has 2 rings (SSSR count). The van der Waals surface area contributed by atoms with Gasteiger partial charge in [-0.15, -0.1) is 0 Å². The van der Waals surface area contributed by atoms with Gasteiger partial charge in [0.2, 0.25) is 5.95 Å². The lowest BCUT2D eigenvalue weighted by molar-refractivity contribution is 0.413. The molecule has 1 fully saturated rings. The zero-order chi connectivity index (χ0) is 11.4. The quantitative estimate of drug-likeness (QED) is 0.813. The lowest BCUT2D eigenvalue weighted by Gasteiger charge is -2.23. The molecule has 2 N–H and O–H groups in total. The normalized spacial score (nSPS) is 20.8. The van der Waals surface area contributed by atoms with E-state index in [0.717, 1.165) is 30.4 Å². The summed E-state index contributed by atoms with van der Waals surface area (Å²) in [5.41, 5.74) is 2.04. The van der Waals surface area contributed by atoms with Gasteiger partial charge in [0.1, 0.15) is 0 Å². The number of piperidine rings is 1. The van der Waals surface area contributed by atoms with Crippen LogP contribution in [0.3, 0.4) is 0 Å². The summed E-state index contributed by atoms with van der Waals surface area (Å²) >= 11 is 0. The van der Waals surface area contributed by atoms with Gasteiger partial charge in [0, 0.05) is 24.0 Å². The van der Waals surface area contributed by atoms with Crippen molar-refractivity contribution in [2.75, 3.05) is 18.4 Å². The molecule has 2 heterocycles. The van der Waals surface area contributed by atoms with Crippen molar-refractivity contribution in [3.05, 3.63) is 17.5 Å². The van der Waals surface area contributed by atoms with Crippen molar-refractivity contribution in [1.82, 2.24) is 15.3 Å². The summed E-state index contributed by atoms with van der Waals surface area (Å²) < 4.78 is 0. The maximum atomic E-state index is 4.37. The summed E-state index contributed by atoms with van der Waals surface area (Å²) in [6, 6.07) is 2.56. The molecule has 0 bridgehead atoms. The van der Waals surface area contributed by atoms with Gasteiger partial charge >= 0.3 is 0 Å². The van der Waals surface area contributed by atoms with Gasteiger partial charge in [0.05, 0.1) is 0 Å². The highest BCUT2D eigenvalue weighted by Gasteiger charge is 2.12. The highest BCUT2D eigenvalue weighted by atomic mass is 15.1. The SMILES string of the molecule is Cc1cc(C)nc(NC[C@H]2CCCCN2)n1. The fourth-order valence-corrected chi connectivity index (χ4v) is 2.12. The molecule has 88 valence electrons. The predicted octanol–water partition coefficient (Wildman–Crippen LogP) is 1.65. The van der Waals surface area contributed by atoms with Crippen LogP contribution in [0.5, 0.6) is 0 Å². The van der Waals surface area contributed by atoms with E-state index in [-0.39, 0.29) is 0 Å². The lowest BCUT2D eigenvalue weighted by Crippen LogP contribution is -2.39. The van der Waals surface area contributed by atoms with Crippen molar-refractivity contribution in [2.45, 2.75) is 39.2 Å². The lowest BCUT2D eigenvalue weighted by atomic mass is 10.1. The second-order valence-electron chi connectivity index (χ2n) is 4.50. The van der Waals surface area contributed by atoms with Crippen LogP contribution in [0.4, 0.5) is 5.95 Å². The van der Waals surface area contributed by atoms with Gasteiger partial charge in [-0.1, -0.05) is 6.42 Å². The number of aromatic nitrogens is 2. The summed E-state index contributed by atoms with van der Waals surface area (Å²) in [5.74, 6) is 0.755. The molecule has 1 aromatic heterocycles. The van der Waals surface area contributed by atoms with Crippen LogP contribution in [0, 0.1) is 13.8 Å². The molecule has 0 radical (unpaired) electrons. The molecule has 16 heavy (non-hydrogen) atoms. The van der Waals surface area contributed by atoms with E-state index in [1.165, 1.54) is 19.3 Å². The molecule has 1 aliphatic heterocycles. The minimum absolute atomic E-state index is 0.568. The first-order chi connectivity index (χ1) is 7.74. The molecule has 1 atom stereocenters. The molecular formula is C12H20N4. The molecule has 0 aromatic carbocycles. The predicted molar refractivity (Wildman–Crippen MR) is 65.6 cm³/mol. The molecular weight excluding hydrogens is 200 g/mol. The second-order valence-corrected chi connectivity index (χ2v) is 4.50. The summed E-state index contributed by atoms with van der Waals surface area (Å²) in [7, 11) is 0. The largest absolute Gasteiger partial charge is 0.353 e. The highest BCUT2D eigenvalue weighted by molar-refractivity contribution is 5.27. The topological polar surface area (TPSA) is 49.8 Å². The average Bonchev–Trinajstić information content (AvgIpc) is 2.27. The third kappa shape index (κ3) is 3.17. The summed E-state index contributed by atoms with van der Waals surface area (Å²) in [6.45, 7) is 6.06. The Hall–Kier alpha value is -1.16. The Kier molecular flexibility index (Phi) is 3.72. The number of rotatable bonds is 3. The van der Waals surface area contributed by atoms with E-state index in [1.54, 1.807) is 0 Å². The Bertz CT molecular complexity index is 325. The maximum Gasteiger partial charge on any atom is 0.223 e. The second kappa shape index (κ2) is 5.25. The number of nitrogens with zero attached hydrogens (tertiary/aromatic N) is 2. The van der Waals surface area contributed by atoms with E-state index in [1.807, 2.05) is 19.9 Å². The van der Waals surface area contributed by atoms with Gasteiger partial charge in [-0.05, 0) is 39.3 Å². The van der Waals surface area contributed by atoms with Gasteiger partial charge in [-0.25, -0.2) is 9.97 Å². The van der Waals surface area contributed by atoms with Gasteiger partial charge in [0.15, 0.2) is 0 Å². The molecule has 1 aromatic rings. The Morgan fingerprint density at radius 2 is 2.06 bits per heavy atom. The van der Waals surface area contributed by atoms with Crippen LogP contribution in [0.2, 0.25) is 0 Å². The molecule has 0 saturated carbocycles. The summed E-state index contributed by atoms with van der Waals surface area (Å²) in [4.78, 5) is 8.74. The van der Waals surface area contributed by atoms with E-state index < -0.39 is 0 Å². The van der Waals surface area contributed by atoms with Crippen LogP contribution in [-0.2, 0) is 0 Å². The minimum Gasteiger partial charge on any atom is -0.353 e. The van der Waals surface area contributed by atoms with Gasteiger partial charge in [-0.3, -0.25) is 0 Å². The standard InChI is InChI=1S/C12H20N4/c1-9-7-10(2)16-12(15-9)14-8-11-5-3-4-6-13-11/h7,11,13H,3-6,8H2,1-2H3,(H,14,15,16)/t11-/m1/s1. The number of nitrogens with one attached hydrogen (secondary N) is 2. The smallest absolute Gasteiger partial charge is 0.223 e. The van der Waals surface area contributed by atoms with Crippen molar-refractivity contribution in [1.29, 1.82) is 0 Å². The van der Waals surface area contributed by atoms with Crippen LogP contribution in [-0.4, -0.2) is 29.1 Å². The molecule has 4 heteroatoms. The van der Waals surface area contributed by atoms with Crippen LogP contribution in [0.1, 0.15) is 30.7 Å². The zero-order valence-electron chi connectivity index (χ0n) is 10.1. The van der Waals surface area contributed by atoms with E-state index in [2.05, 4.69) is 20.6 Å². The maximum absolute atomic E-state index is 4.37. The molecule has 1 saturated heterocycles. The average molecular weight is 220 g/mol. The third-order valence-corrected chi connectivity index (χ3v) is 2.90. The Morgan fingerprint density at radius 3 is 2.69 bits per heavy atom. The molecule has 0 amide bonds. The van der Waals surface area contributed by atoms with Crippen LogP contribution in [0.15, 0.2) is 6.07 Å². The number of hydrogen-bond donors (Lipinski definition) is 2. The summed E-state index contributed by atoms with van der Waals surface area (Å²) in [5, 5.41) is 6.81. The first-order valence-electron chi connectivity index (χ1n) is 6.03. The molecule has 4 nitrogen and oxygen atoms in total. The van der Waals surface area contributed by atoms with Crippen molar-refractivity contribution in [2.24, 2.45) is 0 Å². The number of aryl methyl sites for hydroxylation is 2. The van der Waals surface area contributed by atoms with E-state index in [9.17, 15) is 0 Å². The van der Waals surface area contributed by atoms with Gasteiger partial charge in [-0.2, -0.15) is 0 Å². The fraction of sp³-hybridized carbons (Fsp3) is 0.667. The minimum atomic E-state index is 0.568. The van der Waals surface area contributed by atoms with E-state index in [0.29, 0.717) is 6.04 Å². The fourth-order valence-electron chi connectivity index (χ4n) is 2.12. The van der Waals surface area contributed by atoms with Crippen LogP contribution < -0.4 is 10.6 Å². The van der Waals surface area contributed by atoms with Crippen molar-refractivity contribution >= 4 is 5.95 Å². The highest BCUT2D eigenvalue weighted by Crippen LogP contribution is 2.08. The van der Waals surface area contributed by atoms with Crippen LogP contribution in [0.25, 0.3) is 0 Å². The first kappa shape index (κ1) is 11.3. The monoisotopic (exact) mass is 220 g/mol. The van der Waals surface area contributed by atoms with E-state index in [4.69, 9.17) is 0 Å². The third-order valence-electron chi connectivity index (χ3n) is 2.90. The Morgan fingerprint density at radius 1 is 1.31 bits per heavy atom. The zero-order valence-corrected chi connectivity index (χ0v) is 10.1. The molecule has 1 aliphatic rings. The van der Waals surface area contributed by atoms with Crippen molar-refractivity contribution in [3.8, 4) is 0 Å². The molecule has 0 aliphatic carbocycles.